The minimum absolute atomic E-state index is 0.0740. The molecule has 25 heavy (non-hydrogen) atoms. The lowest BCUT2D eigenvalue weighted by Crippen LogP contribution is -2.45. The molecule has 1 aromatic rings. The number of benzene rings is 1. The maximum atomic E-state index is 12.3. The van der Waals surface area contributed by atoms with Gasteiger partial charge in [0, 0.05) is 24.7 Å². The smallest absolute Gasteiger partial charge is 0.251 e. The molecular formula is C22H34N2O. The highest BCUT2D eigenvalue weighted by atomic mass is 16.1. The zero-order chi connectivity index (χ0) is 17.5. The van der Waals surface area contributed by atoms with Gasteiger partial charge >= 0.3 is 0 Å². The second kappa shape index (κ2) is 9.38. The van der Waals surface area contributed by atoms with Crippen molar-refractivity contribution in [2.75, 3.05) is 19.6 Å². The van der Waals surface area contributed by atoms with Crippen molar-refractivity contribution in [1.29, 1.82) is 0 Å². The molecular weight excluding hydrogens is 308 g/mol. The highest BCUT2D eigenvalue weighted by Crippen LogP contribution is 2.31. The predicted molar refractivity (Wildman–Crippen MR) is 104 cm³/mol. The Morgan fingerprint density at radius 2 is 1.76 bits per heavy atom. The molecule has 2 aliphatic rings. The molecule has 138 valence electrons. The van der Waals surface area contributed by atoms with E-state index in [9.17, 15) is 4.79 Å². The van der Waals surface area contributed by atoms with Crippen LogP contribution >= 0.6 is 0 Å². The van der Waals surface area contributed by atoms with Crippen LogP contribution in [0.4, 0.5) is 0 Å². The lowest BCUT2D eigenvalue weighted by Gasteiger charge is -2.34. The summed E-state index contributed by atoms with van der Waals surface area (Å²) in [5.74, 6) is 1.91. The minimum Gasteiger partial charge on any atom is -0.349 e. The summed E-state index contributed by atoms with van der Waals surface area (Å²) in [7, 11) is 0. The molecule has 1 heterocycles. The Morgan fingerprint density at radius 1 is 1.08 bits per heavy atom. The van der Waals surface area contributed by atoms with Crippen LogP contribution < -0.4 is 5.32 Å². The van der Waals surface area contributed by atoms with Crippen LogP contribution in [0.1, 0.15) is 68.6 Å². The van der Waals surface area contributed by atoms with Crippen LogP contribution in [-0.4, -0.2) is 36.5 Å². The van der Waals surface area contributed by atoms with E-state index in [1.54, 1.807) is 0 Å². The molecule has 0 bridgehead atoms. The van der Waals surface area contributed by atoms with Crippen molar-refractivity contribution in [1.82, 2.24) is 10.2 Å². The lowest BCUT2D eigenvalue weighted by molar-refractivity contribution is 0.0907. The van der Waals surface area contributed by atoms with Crippen LogP contribution in [0.5, 0.6) is 0 Å². The Labute approximate surface area is 153 Å². The summed E-state index contributed by atoms with van der Waals surface area (Å²) in [6.45, 7) is 5.94. The summed E-state index contributed by atoms with van der Waals surface area (Å²) < 4.78 is 0. The fourth-order valence-electron chi connectivity index (χ4n) is 4.48. The van der Waals surface area contributed by atoms with Gasteiger partial charge in [0.05, 0.1) is 0 Å². The van der Waals surface area contributed by atoms with Gasteiger partial charge in [0.25, 0.3) is 5.91 Å². The molecule has 3 nitrogen and oxygen atoms in total. The highest BCUT2D eigenvalue weighted by molar-refractivity contribution is 5.94. The van der Waals surface area contributed by atoms with E-state index in [1.165, 1.54) is 45.1 Å². The molecule has 0 spiro atoms. The Balaban J connectivity index is 1.35. The number of hydrogen-bond acceptors (Lipinski definition) is 2. The number of amides is 1. The standard InChI is InChI=1S/C22H34N2O/c1-18(19-8-4-2-5-9-19)12-15-24-16-13-21(14-17-24)23-22(25)20-10-6-3-7-11-20/h3,6-7,10-11,18-19,21H,2,4-5,8-9,12-17H2,1H3,(H,23,25). The number of carbonyl (C=O) groups is 1. The first kappa shape index (κ1) is 18.4. The van der Waals surface area contributed by atoms with Gasteiger partial charge in [-0.2, -0.15) is 0 Å². The summed E-state index contributed by atoms with van der Waals surface area (Å²) in [5.41, 5.74) is 0.770. The van der Waals surface area contributed by atoms with E-state index in [2.05, 4.69) is 17.1 Å². The van der Waals surface area contributed by atoms with Crippen LogP contribution in [0.2, 0.25) is 0 Å². The zero-order valence-electron chi connectivity index (χ0n) is 15.8. The maximum Gasteiger partial charge on any atom is 0.251 e. The predicted octanol–water partition coefficient (Wildman–Crippen LogP) is 4.49. The number of nitrogens with one attached hydrogen (secondary N) is 1. The number of rotatable bonds is 6. The first-order valence-corrected chi connectivity index (χ1v) is 10.3. The highest BCUT2D eigenvalue weighted by Gasteiger charge is 2.23. The molecule has 1 saturated carbocycles. The maximum absolute atomic E-state index is 12.3. The van der Waals surface area contributed by atoms with E-state index >= 15 is 0 Å². The van der Waals surface area contributed by atoms with Crippen molar-refractivity contribution in [3.05, 3.63) is 35.9 Å². The molecule has 1 aliphatic carbocycles. The average molecular weight is 343 g/mol. The van der Waals surface area contributed by atoms with Crippen LogP contribution in [0.25, 0.3) is 0 Å². The number of nitrogens with zero attached hydrogens (tertiary/aromatic N) is 1. The van der Waals surface area contributed by atoms with Gasteiger partial charge in [-0.05, 0) is 49.8 Å². The van der Waals surface area contributed by atoms with Crippen molar-refractivity contribution < 1.29 is 4.79 Å². The lowest BCUT2D eigenvalue weighted by atomic mass is 9.79. The van der Waals surface area contributed by atoms with Crippen molar-refractivity contribution in [2.45, 2.75) is 64.3 Å². The molecule has 1 atom stereocenters. The quantitative estimate of drug-likeness (QED) is 0.826. The molecule has 1 aliphatic heterocycles. The van der Waals surface area contributed by atoms with Gasteiger partial charge in [0.2, 0.25) is 0 Å². The Bertz CT molecular complexity index is 516. The van der Waals surface area contributed by atoms with E-state index in [4.69, 9.17) is 0 Å². The Hall–Kier alpha value is -1.35. The molecule has 3 rings (SSSR count). The van der Waals surface area contributed by atoms with Gasteiger partial charge in [0.1, 0.15) is 0 Å². The molecule has 3 heteroatoms. The summed E-state index contributed by atoms with van der Waals surface area (Å²) in [4.78, 5) is 14.9. The van der Waals surface area contributed by atoms with Crippen molar-refractivity contribution in [3.63, 3.8) is 0 Å². The summed E-state index contributed by atoms with van der Waals surface area (Å²) >= 11 is 0. The second-order valence-electron chi connectivity index (χ2n) is 8.12. The minimum atomic E-state index is 0.0740. The average Bonchev–Trinajstić information content (AvgIpc) is 2.68. The topological polar surface area (TPSA) is 32.3 Å². The molecule has 1 amide bonds. The van der Waals surface area contributed by atoms with Gasteiger partial charge < -0.3 is 10.2 Å². The van der Waals surface area contributed by atoms with Gasteiger partial charge in [-0.1, -0.05) is 57.2 Å². The third-order valence-electron chi connectivity index (χ3n) is 6.31. The fraction of sp³-hybridized carbons (Fsp3) is 0.682. The molecule has 1 saturated heterocycles. The number of piperidine rings is 1. The van der Waals surface area contributed by atoms with Crippen molar-refractivity contribution in [2.24, 2.45) is 11.8 Å². The Morgan fingerprint density at radius 3 is 2.44 bits per heavy atom. The van der Waals surface area contributed by atoms with E-state index in [0.29, 0.717) is 6.04 Å². The molecule has 0 aromatic heterocycles. The first-order valence-electron chi connectivity index (χ1n) is 10.3. The van der Waals surface area contributed by atoms with E-state index in [1.807, 2.05) is 30.3 Å². The van der Waals surface area contributed by atoms with Gasteiger partial charge in [-0.3, -0.25) is 4.79 Å². The van der Waals surface area contributed by atoms with Gasteiger partial charge in [0.15, 0.2) is 0 Å². The number of likely N-dealkylation sites (tertiary alicyclic amines) is 1. The van der Waals surface area contributed by atoms with Crippen LogP contribution in [0, 0.1) is 11.8 Å². The SMILES string of the molecule is CC(CCN1CCC(NC(=O)c2ccccc2)CC1)C1CCCCC1. The van der Waals surface area contributed by atoms with Crippen LogP contribution in [-0.2, 0) is 0 Å². The van der Waals surface area contributed by atoms with Crippen LogP contribution in [0.3, 0.4) is 0 Å². The van der Waals surface area contributed by atoms with E-state index in [0.717, 1.165) is 43.3 Å². The summed E-state index contributed by atoms with van der Waals surface area (Å²) in [6.07, 6.45) is 10.7. The monoisotopic (exact) mass is 342 g/mol. The second-order valence-corrected chi connectivity index (χ2v) is 8.12. The summed E-state index contributed by atoms with van der Waals surface area (Å²) in [5, 5.41) is 3.21. The van der Waals surface area contributed by atoms with Gasteiger partial charge in [-0.15, -0.1) is 0 Å². The molecule has 1 N–H and O–H groups in total. The molecule has 1 aromatic carbocycles. The van der Waals surface area contributed by atoms with Crippen molar-refractivity contribution in [3.8, 4) is 0 Å². The number of carbonyl (C=O) groups excluding carboxylic acids is 1. The van der Waals surface area contributed by atoms with E-state index in [-0.39, 0.29) is 5.91 Å². The third-order valence-corrected chi connectivity index (χ3v) is 6.31. The fourth-order valence-corrected chi connectivity index (χ4v) is 4.48. The number of hydrogen-bond donors (Lipinski definition) is 1. The summed E-state index contributed by atoms with van der Waals surface area (Å²) in [6, 6.07) is 9.90. The third kappa shape index (κ3) is 5.57. The normalized spacial score (nSPS) is 21.8. The molecule has 1 unspecified atom stereocenters. The first-order chi connectivity index (χ1) is 12.2. The van der Waals surface area contributed by atoms with Crippen LogP contribution in [0.15, 0.2) is 30.3 Å². The zero-order valence-corrected chi connectivity index (χ0v) is 15.8. The largest absolute Gasteiger partial charge is 0.349 e. The molecule has 0 radical (unpaired) electrons. The van der Waals surface area contributed by atoms with E-state index < -0.39 is 0 Å². The van der Waals surface area contributed by atoms with Gasteiger partial charge in [-0.25, -0.2) is 0 Å². The molecule has 2 fully saturated rings. The Kier molecular flexibility index (Phi) is 6.92. The van der Waals surface area contributed by atoms with Crippen molar-refractivity contribution >= 4 is 5.91 Å².